The Bertz CT molecular complexity index is 85.2. The first-order valence-electron chi connectivity index (χ1n) is 3.34. The third kappa shape index (κ3) is 7.82. The summed E-state index contributed by atoms with van der Waals surface area (Å²) in [5.74, 6) is -1.48. The van der Waals surface area contributed by atoms with Crippen molar-refractivity contribution in [3.8, 4) is 0 Å². The molecule has 0 bridgehead atoms. The summed E-state index contributed by atoms with van der Waals surface area (Å²) in [4.78, 5) is 0. The first kappa shape index (κ1) is 9.82. The van der Waals surface area contributed by atoms with Crippen molar-refractivity contribution in [3.63, 3.8) is 0 Å². The van der Waals surface area contributed by atoms with Gasteiger partial charge in [-0.1, -0.05) is 0 Å². The average Bonchev–Trinajstić information content (AvgIpc) is 1.57. The summed E-state index contributed by atoms with van der Waals surface area (Å²) in [6, 6.07) is 0. The molecule has 0 aromatic rings. The van der Waals surface area contributed by atoms with Crippen LogP contribution >= 0.6 is 0 Å². The van der Waals surface area contributed by atoms with Crippen LogP contribution < -0.4 is 5.32 Å². The van der Waals surface area contributed by atoms with Crippen molar-refractivity contribution in [1.29, 1.82) is 0 Å². The summed E-state index contributed by atoms with van der Waals surface area (Å²) in [5.41, 5.74) is -1.34. The molecule has 0 aromatic heterocycles. The molecule has 1 nitrogen and oxygen atoms in total. The van der Waals surface area contributed by atoms with Crippen molar-refractivity contribution in [1.82, 2.24) is 5.32 Å². The summed E-state index contributed by atoms with van der Waals surface area (Å²) >= 11 is 0. The first-order chi connectivity index (χ1) is 4.21. The molecular formula is C7H15F2N. The summed E-state index contributed by atoms with van der Waals surface area (Å²) in [5, 5.41) is 2.42. The Kier molecular flexibility index (Phi) is 2.77. The third-order valence-electron chi connectivity index (χ3n) is 0.929. The van der Waals surface area contributed by atoms with E-state index >= 15 is 0 Å². The van der Waals surface area contributed by atoms with E-state index in [1.807, 2.05) is 0 Å². The van der Waals surface area contributed by atoms with Crippen LogP contribution in [0.3, 0.4) is 0 Å². The molecule has 0 radical (unpaired) electrons. The van der Waals surface area contributed by atoms with Crippen molar-refractivity contribution in [2.75, 3.05) is 6.54 Å². The van der Waals surface area contributed by atoms with E-state index in [9.17, 15) is 8.78 Å². The van der Waals surface area contributed by atoms with Gasteiger partial charge in [0.1, 0.15) is 5.67 Å². The van der Waals surface area contributed by atoms with Crippen LogP contribution in [-0.2, 0) is 0 Å². The van der Waals surface area contributed by atoms with E-state index in [1.165, 1.54) is 27.7 Å². The Labute approximate surface area is 60.8 Å². The summed E-state index contributed by atoms with van der Waals surface area (Å²) in [6.45, 7) is 5.57. The lowest BCUT2D eigenvalue weighted by atomic mass is 10.1. The number of hydrogen-bond acceptors (Lipinski definition) is 1. The fourth-order valence-corrected chi connectivity index (χ4v) is 0.420. The molecule has 0 spiro atoms. The van der Waals surface area contributed by atoms with Gasteiger partial charge in [0.25, 0.3) is 0 Å². The fraction of sp³-hybridized carbons (Fsp3) is 1.00. The molecule has 0 amide bonds. The molecule has 0 unspecified atom stereocenters. The smallest absolute Gasteiger partial charge is 0.156 e. The average molecular weight is 151 g/mol. The lowest BCUT2D eigenvalue weighted by Crippen LogP contribution is -2.42. The van der Waals surface area contributed by atoms with Crippen molar-refractivity contribution in [3.05, 3.63) is 0 Å². The Balaban J connectivity index is 3.56. The van der Waals surface area contributed by atoms with E-state index in [2.05, 4.69) is 5.32 Å². The van der Waals surface area contributed by atoms with E-state index in [4.69, 9.17) is 0 Å². The number of halogens is 2. The molecule has 0 aliphatic carbocycles. The van der Waals surface area contributed by atoms with E-state index in [0.29, 0.717) is 0 Å². The number of alkyl halides is 2. The van der Waals surface area contributed by atoms with Crippen LogP contribution in [0.4, 0.5) is 8.78 Å². The Morgan fingerprint density at radius 1 is 1.10 bits per heavy atom. The second-order valence-corrected chi connectivity index (χ2v) is 3.54. The lowest BCUT2D eigenvalue weighted by Gasteiger charge is -2.21. The summed E-state index contributed by atoms with van der Waals surface area (Å²) in [6.07, 6.45) is 0. The van der Waals surface area contributed by atoms with E-state index in [-0.39, 0.29) is 6.54 Å². The maximum absolute atomic E-state index is 12.7. The molecule has 0 atom stereocenters. The molecule has 0 aromatic carbocycles. The van der Waals surface area contributed by atoms with Crippen LogP contribution in [0.2, 0.25) is 0 Å². The van der Waals surface area contributed by atoms with Gasteiger partial charge in [0.15, 0.2) is 5.79 Å². The zero-order chi connectivity index (χ0) is 8.41. The molecule has 62 valence electrons. The highest BCUT2D eigenvalue weighted by atomic mass is 19.1. The van der Waals surface area contributed by atoms with E-state index < -0.39 is 11.5 Å². The van der Waals surface area contributed by atoms with Crippen LogP contribution in [0.5, 0.6) is 0 Å². The van der Waals surface area contributed by atoms with Gasteiger partial charge in [-0.05, 0) is 27.7 Å². The van der Waals surface area contributed by atoms with Crippen LogP contribution in [0.15, 0.2) is 0 Å². The van der Waals surface area contributed by atoms with Crippen LogP contribution in [0, 0.1) is 0 Å². The predicted molar refractivity (Wildman–Crippen MR) is 38.4 cm³/mol. The molecule has 0 saturated heterocycles. The second-order valence-electron chi connectivity index (χ2n) is 3.54. The van der Waals surface area contributed by atoms with Gasteiger partial charge in [-0.15, -0.1) is 0 Å². The zero-order valence-electron chi connectivity index (χ0n) is 6.96. The van der Waals surface area contributed by atoms with Crippen molar-refractivity contribution < 1.29 is 8.78 Å². The lowest BCUT2D eigenvalue weighted by molar-refractivity contribution is 0.118. The van der Waals surface area contributed by atoms with Gasteiger partial charge >= 0.3 is 0 Å². The summed E-state index contributed by atoms with van der Waals surface area (Å²) in [7, 11) is 0. The maximum atomic E-state index is 12.7. The quantitative estimate of drug-likeness (QED) is 0.608. The molecule has 0 heterocycles. The molecule has 0 rings (SSSR count). The number of hydrogen-bond donors (Lipinski definition) is 1. The highest BCUT2D eigenvalue weighted by molar-refractivity contribution is 4.73. The standard InChI is InChI=1S/C7H15F2N/c1-6(2,8)5-10-7(3,4)9/h10H,5H2,1-4H3. The molecule has 0 saturated carbocycles. The molecule has 3 heteroatoms. The molecule has 0 aliphatic rings. The maximum Gasteiger partial charge on any atom is 0.156 e. The molecule has 10 heavy (non-hydrogen) atoms. The minimum absolute atomic E-state index is 0.0382. The van der Waals surface area contributed by atoms with Gasteiger partial charge < -0.3 is 0 Å². The van der Waals surface area contributed by atoms with Crippen LogP contribution in [0.1, 0.15) is 27.7 Å². The minimum Gasteiger partial charge on any atom is -0.283 e. The van der Waals surface area contributed by atoms with Crippen molar-refractivity contribution in [2.24, 2.45) is 0 Å². The normalized spacial score (nSPS) is 13.8. The van der Waals surface area contributed by atoms with Gasteiger partial charge in [-0.2, -0.15) is 0 Å². The van der Waals surface area contributed by atoms with Gasteiger partial charge in [0.05, 0.1) is 0 Å². The highest BCUT2D eigenvalue weighted by Gasteiger charge is 2.21. The van der Waals surface area contributed by atoms with Crippen LogP contribution in [0.25, 0.3) is 0 Å². The van der Waals surface area contributed by atoms with Gasteiger partial charge in [0.2, 0.25) is 0 Å². The molecule has 0 aliphatic heterocycles. The Morgan fingerprint density at radius 3 is 1.60 bits per heavy atom. The predicted octanol–water partition coefficient (Wildman–Crippen LogP) is 2.03. The SMILES string of the molecule is CC(C)(F)CNC(C)(C)F. The zero-order valence-corrected chi connectivity index (χ0v) is 6.96. The fourth-order valence-electron chi connectivity index (χ4n) is 0.420. The molecular weight excluding hydrogens is 136 g/mol. The van der Waals surface area contributed by atoms with Gasteiger partial charge in [0, 0.05) is 6.54 Å². The summed E-state index contributed by atoms with van der Waals surface area (Å²) < 4.78 is 25.3. The van der Waals surface area contributed by atoms with Crippen molar-refractivity contribution in [2.45, 2.75) is 39.2 Å². The number of nitrogens with one attached hydrogen (secondary N) is 1. The van der Waals surface area contributed by atoms with Crippen molar-refractivity contribution >= 4 is 0 Å². The second kappa shape index (κ2) is 2.82. The highest BCUT2D eigenvalue weighted by Crippen LogP contribution is 2.09. The van der Waals surface area contributed by atoms with E-state index in [1.54, 1.807) is 0 Å². The van der Waals surface area contributed by atoms with Gasteiger partial charge in [-0.25, -0.2) is 8.78 Å². The Hall–Kier alpha value is -0.180. The largest absolute Gasteiger partial charge is 0.283 e. The first-order valence-corrected chi connectivity index (χ1v) is 3.34. The monoisotopic (exact) mass is 151 g/mol. The Morgan fingerprint density at radius 2 is 1.50 bits per heavy atom. The van der Waals surface area contributed by atoms with Crippen LogP contribution in [-0.4, -0.2) is 18.0 Å². The van der Waals surface area contributed by atoms with E-state index in [0.717, 1.165) is 0 Å². The third-order valence-corrected chi connectivity index (χ3v) is 0.929. The number of rotatable bonds is 3. The minimum atomic E-state index is -1.48. The molecule has 1 N–H and O–H groups in total. The van der Waals surface area contributed by atoms with Gasteiger partial charge in [-0.3, -0.25) is 5.32 Å². The topological polar surface area (TPSA) is 12.0 Å². The molecule has 0 fully saturated rings.